The maximum atomic E-state index is 10.1. The van der Waals surface area contributed by atoms with Gasteiger partial charge < -0.3 is 25.4 Å². The van der Waals surface area contributed by atoms with Crippen molar-refractivity contribution in [2.24, 2.45) is 0 Å². The first kappa shape index (κ1) is 13.0. The Balaban J connectivity index is 2.13. The first-order chi connectivity index (χ1) is 9.65. The molecule has 20 heavy (non-hydrogen) atoms. The second-order valence-electron chi connectivity index (χ2n) is 4.53. The highest BCUT2D eigenvalue weighted by molar-refractivity contribution is 5.82. The Morgan fingerprint density at radius 1 is 1.55 bits per heavy atom. The molecule has 0 aromatic carbocycles. The molecule has 2 aromatic rings. The molecule has 0 radical (unpaired) electrons. The van der Waals surface area contributed by atoms with Crippen LogP contribution in [0, 0.1) is 0 Å². The molecule has 0 spiro atoms. The number of aliphatic hydroxyl groups excluding tert-OH is 2. The van der Waals surface area contributed by atoms with Gasteiger partial charge in [0.25, 0.3) is 0 Å². The molecular weight excluding hydrogens is 266 g/mol. The van der Waals surface area contributed by atoms with Gasteiger partial charge in [-0.25, -0.2) is 14.5 Å². The summed E-state index contributed by atoms with van der Waals surface area (Å²) in [5.74, 6) is 0.221. The number of ether oxygens (including phenoxy) is 2. The molecule has 0 saturated carbocycles. The third-order valence-corrected chi connectivity index (χ3v) is 3.28. The molecular formula is C11H15N5O4. The molecule has 1 aliphatic heterocycles. The van der Waals surface area contributed by atoms with Crippen LogP contribution >= 0.6 is 0 Å². The summed E-state index contributed by atoms with van der Waals surface area (Å²) in [5, 5.41) is 19.2. The van der Waals surface area contributed by atoms with Gasteiger partial charge in [0.15, 0.2) is 23.2 Å². The smallest absolute Gasteiger partial charge is 0.300 e. The van der Waals surface area contributed by atoms with Crippen molar-refractivity contribution in [2.45, 2.75) is 24.9 Å². The number of imidazole rings is 1. The zero-order chi connectivity index (χ0) is 14.3. The van der Waals surface area contributed by atoms with E-state index in [-0.39, 0.29) is 18.4 Å². The minimum Gasteiger partial charge on any atom is -0.468 e. The van der Waals surface area contributed by atoms with Crippen LogP contribution in [0.25, 0.3) is 11.2 Å². The number of nitrogens with zero attached hydrogens (tertiary/aromatic N) is 4. The molecule has 3 heterocycles. The van der Waals surface area contributed by atoms with Crippen LogP contribution in [0.15, 0.2) is 6.33 Å². The Morgan fingerprint density at radius 2 is 2.35 bits per heavy atom. The number of hydrogen-bond donors (Lipinski definition) is 3. The molecule has 0 bridgehead atoms. The van der Waals surface area contributed by atoms with E-state index in [0.29, 0.717) is 17.6 Å². The second-order valence-corrected chi connectivity index (χ2v) is 4.53. The van der Waals surface area contributed by atoms with Gasteiger partial charge in [0, 0.05) is 6.42 Å². The molecule has 1 fully saturated rings. The Bertz CT molecular complexity index is 631. The average Bonchev–Trinajstić information content (AvgIpc) is 2.99. The minimum atomic E-state index is -0.797. The summed E-state index contributed by atoms with van der Waals surface area (Å²) >= 11 is 0. The summed E-state index contributed by atoms with van der Waals surface area (Å²) in [6.07, 6.45) is -0.336. The van der Waals surface area contributed by atoms with Gasteiger partial charge in [-0.05, 0) is 0 Å². The van der Waals surface area contributed by atoms with Gasteiger partial charge >= 0.3 is 6.01 Å². The van der Waals surface area contributed by atoms with Crippen LogP contribution in [0.5, 0.6) is 6.01 Å². The van der Waals surface area contributed by atoms with Crippen molar-refractivity contribution in [3.8, 4) is 6.01 Å². The number of hydrogen-bond acceptors (Lipinski definition) is 8. The number of methoxy groups -OCH3 is 1. The van der Waals surface area contributed by atoms with Crippen molar-refractivity contribution < 1.29 is 19.7 Å². The fourth-order valence-corrected chi connectivity index (χ4v) is 2.36. The fraction of sp³-hybridized carbons (Fsp3) is 0.545. The lowest BCUT2D eigenvalue weighted by atomic mass is 10.2. The van der Waals surface area contributed by atoms with Crippen LogP contribution < -0.4 is 10.5 Å². The summed E-state index contributed by atoms with van der Waals surface area (Å²) in [7, 11) is 1.45. The standard InChI is InChI=1S/C11H15N5O4/c1-19-11-15-7-8(12)13-4-14-9(7)16(11)10-6(18)2-5(3-17)20-10/h4-6,10,17-18H,2-3H2,1H3,(H2,12,13,14)/t5?,6?,10-/m1/s1. The molecule has 0 amide bonds. The Morgan fingerprint density at radius 3 is 3.00 bits per heavy atom. The summed E-state index contributed by atoms with van der Waals surface area (Å²) in [6.45, 7) is -0.167. The average molecular weight is 281 g/mol. The summed E-state index contributed by atoms with van der Waals surface area (Å²) in [6, 6.07) is 0.217. The molecule has 9 heteroatoms. The van der Waals surface area contributed by atoms with Crippen molar-refractivity contribution in [1.29, 1.82) is 0 Å². The van der Waals surface area contributed by atoms with Crippen molar-refractivity contribution in [3.63, 3.8) is 0 Å². The summed E-state index contributed by atoms with van der Waals surface area (Å²) in [5.41, 5.74) is 6.55. The first-order valence-corrected chi connectivity index (χ1v) is 6.12. The van der Waals surface area contributed by atoms with E-state index in [2.05, 4.69) is 15.0 Å². The third-order valence-electron chi connectivity index (χ3n) is 3.28. The van der Waals surface area contributed by atoms with Gasteiger partial charge in [0.2, 0.25) is 0 Å². The zero-order valence-corrected chi connectivity index (χ0v) is 10.8. The lowest BCUT2D eigenvalue weighted by Gasteiger charge is -2.18. The molecule has 9 nitrogen and oxygen atoms in total. The molecule has 2 unspecified atom stereocenters. The Kier molecular flexibility index (Phi) is 3.16. The van der Waals surface area contributed by atoms with Crippen molar-refractivity contribution in [2.75, 3.05) is 19.5 Å². The van der Waals surface area contributed by atoms with Crippen LogP contribution in [-0.2, 0) is 4.74 Å². The van der Waals surface area contributed by atoms with Gasteiger partial charge in [0.1, 0.15) is 12.4 Å². The van der Waals surface area contributed by atoms with Crippen LogP contribution in [0.3, 0.4) is 0 Å². The number of rotatable bonds is 3. The predicted molar refractivity (Wildman–Crippen MR) is 67.9 cm³/mol. The van der Waals surface area contributed by atoms with E-state index in [1.807, 2.05) is 0 Å². The number of aromatic nitrogens is 4. The second kappa shape index (κ2) is 4.85. The lowest BCUT2D eigenvalue weighted by molar-refractivity contribution is -0.0516. The van der Waals surface area contributed by atoms with E-state index >= 15 is 0 Å². The Hall–Kier alpha value is -1.97. The molecule has 1 aliphatic rings. The molecule has 0 aliphatic carbocycles. The van der Waals surface area contributed by atoms with Gasteiger partial charge in [-0.15, -0.1) is 0 Å². The molecule has 108 valence electrons. The van der Waals surface area contributed by atoms with E-state index < -0.39 is 18.4 Å². The zero-order valence-electron chi connectivity index (χ0n) is 10.8. The Labute approximate surface area is 114 Å². The van der Waals surface area contributed by atoms with E-state index in [4.69, 9.17) is 20.3 Å². The van der Waals surface area contributed by atoms with Crippen LogP contribution in [0.4, 0.5) is 5.82 Å². The maximum Gasteiger partial charge on any atom is 0.300 e. The van der Waals surface area contributed by atoms with Gasteiger partial charge in [0.05, 0.1) is 19.8 Å². The van der Waals surface area contributed by atoms with Gasteiger partial charge in [-0.3, -0.25) is 0 Å². The third kappa shape index (κ3) is 1.87. The van der Waals surface area contributed by atoms with E-state index in [1.54, 1.807) is 0 Å². The van der Waals surface area contributed by atoms with Crippen LogP contribution in [-0.4, -0.2) is 55.7 Å². The number of anilines is 1. The fourth-order valence-electron chi connectivity index (χ4n) is 2.36. The SMILES string of the molecule is COc1nc2c(N)ncnc2n1[C@@H]1OC(CO)CC1O. The maximum absolute atomic E-state index is 10.1. The van der Waals surface area contributed by atoms with Crippen molar-refractivity contribution in [1.82, 2.24) is 19.5 Å². The monoisotopic (exact) mass is 281 g/mol. The predicted octanol–water partition coefficient (Wildman–Crippen LogP) is -0.942. The molecule has 1 saturated heterocycles. The highest BCUT2D eigenvalue weighted by Crippen LogP contribution is 2.35. The first-order valence-electron chi connectivity index (χ1n) is 6.12. The topological polar surface area (TPSA) is 129 Å². The quantitative estimate of drug-likeness (QED) is 0.657. The normalized spacial score (nSPS) is 26.2. The molecule has 3 atom stereocenters. The van der Waals surface area contributed by atoms with E-state index in [1.165, 1.54) is 18.0 Å². The van der Waals surface area contributed by atoms with E-state index in [9.17, 15) is 5.11 Å². The highest BCUT2D eigenvalue weighted by atomic mass is 16.6. The molecule has 3 rings (SSSR count). The highest BCUT2D eigenvalue weighted by Gasteiger charge is 2.38. The lowest BCUT2D eigenvalue weighted by Crippen LogP contribution is -2.20. The van der Waals surface area contributed by atoms with E-state index in [0.717, 1.165) is 0 Å². The van der Waals surface area contributed by atoms with Gasteiger partial charge in [-0.1, -0.05) is 0 Å². The van der Waals surface area contributed by atoms with Crippen molar-refractivity contribution >= 4 is 17.0 Å². The number of fused-ring (bicyclic) bond motifs is 1. The van der Waals surface area contributed by atoms with Crippen LogP contribution in [0.2, 0.25) is 0 Å². The number of nitrogens with two attached hydrogens (primary N) is 1. The largest absolute Gasteiger partial charge is 0.468 e. The molecule has 2 aromatic heterocycles. The minimum absolute atomic E-state index is 0.167. The van der Waals surface area contributed by atoms with Crippen LogP contribution in [0.1, 0.15) is 12.6 Å². The number of aliphatic hydroxyl groups is 2. The van der Waals surface area contributed by atoms with Crippen molar-refractivity contribution in [3.05, 3.63) is 6.33 Å². The molecule has 4 N–H and O–H groups in total. The van der Waals surface area contributed by atoms with Gasteiger partial charge in [-0.2, -0.15) is 4.98 Å². The number of nitrogen functional groups attached to an aromatic ring is 1. The summed E-state index contributed by atoms with van der Waals surface area (Å²) in [4.78, 5) is 12.2. The summed E-state index contributed by atoms with van der Waals surface area (Å²) < 4.78 is 12.3.